The molecule has 2 heterocycles. The second-order valence-corrected chi connectivity index (χ2v) is 4.03. The van der Waals surface area contributed by atoms with E-state index in [0.717, 1.165) is 5.92 Å². The molecular weight excluding hydrogens is 165 g/mol. The van der Waals surface area contributed by atoms with Crippen LogP contribution >= 0.6 is 9.24 Å². The van der Waals surface area contributed by atoms with E-state index in [2.05, 4.69) is 32.1 Å². The Labute approximate surface area is 76.4 Å². The minimum absolute atomic E-state index is 0.785. The van der Waals surface area contributed by atoms with Crippen molar-refractivity contribution in [3.8, 4) is 0 Å². The Hall–Kier alpha value is -0.290. The van der Waals surface area contributed by atoms with E-state index < -0.39 is 0 Å². The number of hydrogen-bond donors (Lipinski definition) is 0. The van der Waals surface area contributed by atoms with Crippen LogP contribution in [-0.2, 0) is 6.54 Å². The molecule has 0 bridgehead atoms. The molecule has 0 aliphatic carbocycles. The summed E-state index contributed by atoms with van der Waals surface area (Å²) in [7, 11) is 2.87. The Kier molecular flexibility index (Phi) is 2.51. The van der Waals surface area contributed by atoms with Crippen LogP contribution in [0, 0.1) is 0 Å². The summed E-state index contributed by atoms with van der Waals surface area (Å²) in [4.78, 5) is 0. The van der Waals surface area contributed by atoms with E-state index in [0.29, 0.717) is 0 Å². The van der Waals surface area contributed by atoms with Crippen molar-refractivity contribution in [3.05, 3.63) is 24.0 Å². The largest absolute Gasteiger partial charge is 0.351 e. The fourth-order valence-electron chi connectivity index (χ4n) is 2.06. The summed E-state index contributed by atoms with van der Waals surface area (Å²) in [5.74, 6) is 0.785. The van der Waals surface area contributed by atoms with Gasteiger partial charge in [-0.2, -0.15) is 0 Å². The summed E-state index contributed by atoms with van der Waals surface area (Å²) in [6.07, 6.45) is 7.54. The fraction of sp³-hybridized carbons (Fsp3) is 0.600. The van der Waals surface area contributed by atoms with Gasteiger partial charge in [-0.05, 0) is 31.1 Å². The third-order valence-corrected chi connectivity index (χ3v) is 3.34. The molecule has 1 aliphatic heterocycles. The molecule has 66 valence electrons. The first-order chi connectivity index (χ1) is 5.92. The smallest absolute Gasteiger partial charge is 0.0222 e. The van der Waals surface area contributed by atoms with E-state index in [9.17, 15) is 0 Å². The molecule has 0 spiro atoms. The second kappa shape index (κ2) is 3.62. The van der Waals surface area contributed by atoms with Crippen LogP contribution in [0.1, 0.15) is 30.9 Å². The van der Waals surface area contributed by atoms with Gasteiger partial charge in [0.1, 0.15) is 0 Å². The summed E-state index contributed by atoms with van der Waals surface area (Å²) in [6, 6.07) is 4.45. The molecule has 0 N–H and O–H groups in total. The Bertz CT molecular complexity index is 254. The van der Waals surface area contributed by atoms with Gasteiger partial charge in [-0.1, -0.05) is 6.42 Å². The van der Waals surface area contributed by atoms with Gasteiger partial charge in [-0.25, -0.2) is 0 Å². The first-order valence-corrected chi connectivity index (χ1v) is 5.58. The normalized spacial score (nSPS) is 23.2. The van der Waals surface area contributed by atoms with Crippen molar-refractivity contribution in [1.29, 1.82) is 0 Å². The predicted octanol–water partition coefficient (Wildman–Crippen LogP) is 2.63. The van der Waals surface area contributed by atoms with Crippen LogP contribution in [0.3, 0.4) is 0 Å². The summed E-state index contributed by atoms with van der Waals surface area (Å²) in [5, 5.41) is 0. The SMILES string of the molecule is PCC1CCCCn2cccc21. The Morgan fingerprint density at radius 2 is 2.42 bits per heavy atom. The van der Waals surface area contributed by atoms with Gasteiger partial charge in [0.2, 0.25) is 0 Å². The van der Waals surface area contributed by atoms with Crippen LogP contribution in [0.2, 0.25) is 0 Å². The molecule has 0 saturated heterocycles. The Morgan fingerprint density at radius 3 is 3.25 bits per heavy atom. The van der Waals surface area contributed by atoms with Gasteiger partial charge in [0, 0.05) is 24.4 Å². The average Bonchev–Trinajstić information content (AvgIpc) is 2.46. The minimum atomic E-state index is 0.785. The van der Waals surface area contributed by atoms with Crippen molar-refractivity contribution in [2.75, 3.05) is 6.16 Å². The lowest BCUT2D eigenvalue weighted by molar-refractivity contribution is 0.626. The van der Waals surface area contributed by atoms with Crippen LogP contribution < -0.4 is 0 Å². The van der Waals surface area contributed by atoms with Crippen LogP contribution in [-0.4, -0.2) is 10.7 Å². The van der Waals surface area contributed by atoms with Gasteiger partial charge in [-0.15, -0.1) is 9.24 Å². The number of aromatic nitrogens is 1. The highest BCUT2D eigenvalue weighted by Gasteiger charge is 2.15. The van der Waals surface area contributed by atoms with Crippen LogP contribution in [0.5, 0.6) is 0 Å². The molecule has 2 unspecified atom stereocenters. The molecule has 0 aromatic carbocycles. The van der Waals surface area contributed by atoms with Gasteiger partial charge in [0.05, 0.1) is 0 Å². The molecule has 1 nitrogen and oxygen atoms in total. The molecule has 1 aliphatic rings. The molecule has 0 amide bonds. The van der Waals surface area contributed by atoms with Gasteiger partial charge in [0.15, 0.2) is 0 Å². The fourth-order valence-corrected chi connectivity index (χ4v) is 2.54. The zero-order valence-electron chi connectivity index (χ0n) is 7.37. The molecule has 0 fully saturated rings. The van der Waals surface area contributed by atoms with Crippen molar-refractivity contribution in [3.63, 3.8) is 0 Å². The summed E-state index contributed by atoms with van der Waals surface area (Å²) in [5.41, 5.74) is 1.54. The molecule has 0 saturated carbocycles. The number of aryl methyl sites for hydroxylation is 1. The lowest BCUT2D eigenvalue weighted by Crippen LogP contribution is -2.04. The van der Waals surface area contributed by atoms with Crippen molar-refractivity contribution in [1.82, 2.24) is 4.57 Å². The third-order valence-electron chi connectivity index (χ3n) is 2.77. The standard InChI is InChI=1S/C10H16NP/c12-8-9-4-1-2-6-11-7-3-5-10(9)11/h3,5,7,9H,1-2,4,6,8,12H2. The first-order valence-electron chi connectivity index (χ1n) is 4.77. The maximum Gasteiger partial charge on any atom is 0.0222 e. The molecular formula is C10H16NP. The average molecular weight is 181 g/mol. The van der Waals surface area contributed by atoms with E-state index in [1.165, 1.54) is 32.0 Å². The molecule has 2 rings (SSSR count). The van der Waals surface area contributed by atoms with E-state index in [4.69, 9.17) is 0 Å². The lowest BCUT2D eigenvalue weighted by Gasteiger charge is -2.12. The zero-order valence-corrected chi connectivity index (χ0v) is 8.52. The van der Waals surface area contributed by atoms with Gasteiger partial charge >= 0.3 is 0 Å². The highest BCUT2D eigenvalue weighted by Crippen LogP contribution is 2.28. The van der Waals surface area contributed by atoms with E-state index >= 15 is 0 Å². The third kappa shape index (κ3) is 1.43. The van der Waals surface area contributed by atoms with Crippen molar-refractivity contribution in [2.45, 2.75) is 31.7 Å². The Morgan fingerprint density at radius 1 is 1.50 bits per heavy atom. The molecule has 12 heavy (non-hydrogen) atoms. The van der Waals surface area contributed by atoms with Gasteiger partial charge in [0.25, 0.3) is 0 Å². The second-order valence-electron chi connectivity index (χ2n) is 3.55. The molecule has 2 atom stereocenters. The molecule has 2 heteroatoms. The van der Waals surface area contributed by atoms with Crippen LogP contribution in [0.15, 0.2) is 18.3 Å². The first kappa shape index (κ1) is 8.31. The van der Waals surface area contributed by atoms with Crippen molar-refractivity contribution >= 4 is 9.24 Å². The van der Waals surface area contributed by atoms with E-state index in [1.54, 1.807) is 5.69 Å². The summed E-state index contributed by atoms with van der Waals surface area (Å²) < 4.78 is 2.42. The summed E-state index contributed by atoms with van der Waals surface area (Å²) >= 11 is 0. The highest BCUT2D eigenvalue weighted by atomic mass is 31.0. The number of fused-ring (bicyclic) bond motifs is 1. The maximum absolute atomic E-state index is 2.87. The topological polar surface area (TPSA) is 4.93 Å². The van der Waals surface area contributed by atoms with E-state index in [-0.39, 0.29) is 0 Å². The van der Waals surface area contributed by atoms with Gasteiger partial charge < -0.3 is 4.57 Å². The quantitative estimate of drug-likeness (QED) is 0.587. The summed E-state index contributed by atoms with van der Waals surface area (Å²) in [6.45, 7) is 1.23. The zero-order chi connectivity index (χ0) is 8.39. The Balaban J connectivity index is 2.29. The van der Waals surface area contributed by atoms with Crippen LogP contribution in [0.4, 0.5) is 0 Å². The number of rotatable bonds is 1. The highest BCUT2D eigenvalue weighted by molar-refractivity contribution is 7.16. The number of hydrogen-bond acceptors (Lipinski definition) is 0. The molecule has 1 aromatic heterocycles. The lowest BCUT2D eigenvalue weighted by atomic mass is 10.0. The molecule has 1 aromatic rings. The maximum atomic E-state index is 2.87. The monoisotopic (exact) mass is 181 g/mol. The minimum Gasteiger partial charge on any atom is -0.351 e. The number of nitrogens with zero attached hydrogens (tertiary/aromatic N) is 1. The van der Waals surface area contributed by atoms with Crippen LogP contribution in [0.25, 0.3) is 0 Å². The van der Waals surface area contributed by atoms with Crippen molar-refractivity contribution < 1.29 is 0 Å². The van der Waals surface area contributed by atoms with E-state index in [1.807, 2.05) is 0 Å². The van der Waals surface area contributed by atoms with Crippen molar-refractivity contribution in [2.24, 2.45) is 0 Å². The predicted molar refractivity (Wildman–Crippen MR) is 55.6 cm³/mol. The van der Waals surface area contributed by atoms with Gasteiger partial charge in [-0.3, -0.25) is 0 Å². The molecule has 0 radical (unpaired) electrons.